The molecule has 1 atom stereocenters. The van der Waals surface area contributed by atoms with E-state index in [0.717, 1.165) is 4.90 Å². The molecule has 17 heavy (non-hydrogen) atoms. The van der Waals surface area contributed by atoms with Crippen molar-refractivity contribution in [3.8, 4) is 0 Å². The van der Waals surface area contributed by atoms with Gasteiger partial charge in [-0.25, -0.2) is 0 Å². The van der Waals surface area contributed by atoms with Crippen LogP contribution in [-0.4, -0.2) is 28.7 Å². The van der Waals surface area contributed by atoms with Gasteiger partial charge in [-0.3, -0.25) is 19.3 Å². The largest absolute Gasteiger partial charge is 0.370 e. The van der Waals surface area contributed by atoms with Gasteiger partial charge in [0.2, 0.25) is 5.91 Å². The summed E-state index contributed by atoms with van der Waals surface area (Å²) in [5.74, 6) is -1.26. The van der Waals surface area contributed by atoms with Crippen LogP contribution >= 0.6 is 0 Å². The minimum absolute atomic E-state index is 0.0224. The molecule has 5 heteroatoms. The van der Waals surface area contributed by atoms with E-state index in [2.05, 4.69) is 0 Å². The molecule has 2 rings (SSSR count). The summed E-state index contributed by atoms with van der Waals surface area (Å²) in [7, 11) is 0. The van der Waals surface area contributed by atoms with Gasteiger partial charge in [-0.05, 0) is 19.1 Å². The first-order chi connectivity index (χ1) is 8.02. The summed E-state index contributed by atoms with van der Waals surface area (Å²) in [6.45, 7) is 1.63. The van der Waals surface area contributed by atoms with E-state index in [-0.39, 0.29) is 18.2 Å². The van der Waals surface area contributed by atoms with Crippen LogP contribution in [0.1, 0.15) is 34.1 Å². The van der Waals surface area contributed by atoms with Crippen molar-refractivity contribution in [2.24, 2.45) is 5.73 Å². The molecule has 0 aliphatic carbocycles. The number of carbonyl (C=O) groups is 3. The maximum Gasteiger partial charge on any atom is 0.261 e. The van der Waals surface area contributed by atoms with Crippen molar-refractivity contribution < 1.29 is 14.4 Å². The third kappa shape index (κ3) is 1.80. The summed E-state index contributed by atoms with van der Waals surface area (Å²) < 4.78 is 0. The Balaban J connectivity index is 2.33. The normalized spacial score (nSPS) is 15.9. The van der Waals surface area contributed by atoms with Crippen LogP contribution < -0.4 is 5.73 Å². The summed E-state index contributed by atoms with van der Waals surface area (Å²) in [5.41, 5.74) is 5.84. The highest BCUT2D eigenvalue weighted by Gasteiger charge is 2.38. The average Bonchev–Trinajstić information content (AvgIpc) is 2.51. The van der Waals surface area contributed by atoms with Crippen molar-refractivity contribution in [1.82, 2.24) is 4.90 Å². The van der Waals surface area contributed by atoms with Gasteiger partial charge in [0.1, 0.15) is 0 Å². The molecule has 1 aromatic carbocycles. The Morgan fingerprint density at radius 3 is 2.12 bits per heavy atom. The minimum Gasteiger partial charge on any atom is -0.370 e. The van der Waals surface area contributed by atoms with E-state index in [0.29, 0.717) is 11.1 Å². The Morgan fingerprint density at radius 1 is 1.24 bits per heavy atom. The lowest BCUT2D eigenvalue weighted by atomic mass is 10.1. The zero-order valence-corrected chi connectivity index (χ0v) is 9.34. The number of rotatable bonds is 3. The Labute approximate surface area is 98.2 Å². The summed E-state index contributed by atoms with van der Waals surface area (Å²) in [5, 5.41) is 0. The fraction of sp³-hybridized carbons (Fsp3) is 0.250. The standard InChI is InChI=1S/C12H12N2O3/c1-7(6-10(13)15)14-11(16)8-4-2-3-5-9(8)12(14)17/h2-5,7H,6H2,1H3,(H2,13,15)/t7-/m1/s1. The third-order valence-electron chi connectivity index (χ3n) is 2.76. The Morgan fingerprint density at radius 2 is 1.71 bits per heavy atom. The molecule has 0 radical (unpaired) electrons. The summed E-state index contributed by atoms with van der Waals surface area (Å²) in [4.78, 5) is 35.9. The molecule has 1 heterocycles. The van der Waals surface area contributed by atoms with Gasteiger partial charge >= 0.3 is 0 Å². The summed E-state index contributed by atoms with van der Waals surface area (Å²) in [6, 6.07) is 6.09. The second kappa shape index (κ2) is 4.01. The number of amides is 3. The molecule has 0 saturated carbocycles. The highest BCUT2D eigenvalue weighted by Crippen LogP contribution is 2.25. The quantitative estimate of drug-likeness (QED) is 0.772. The monoisotopic (exact) mass is 232 g/mol. The lowest BCUT2D eigenvalue weighted by Crippen LogP contribution is -2.40. The maximum atomic E-state index is 12.0. The first kappa shape index (κ1) is 11.3. The molecule has 0 aromatic heterocycles. The molecule has 0 spiro atoms. The van der Waals surface area contributed by atoms with Crippen LogP contribution in [0.5, 0.6) is 0 Å². The lowest BCUT2D eigenvalue weighted by Gasteiger charge is -2.20. The van der Waals surface area contributed by atoms with E-state index in [1.54, 1.807) is 31.2 Å². The maximum absolute atomic E-state index is 12.0. The zero-order chi connectivity index (χ0) is 12.6. The average molecular weight is 232 g/mol. The van der Waals surface area contributed by atoms with Crippen molar-refractivity contribution in [2.75, 3.05) is 0 Å². The number of fused-ring (bicyclic) bond motifs is 1. The highest BCUT2D eigenvalue weighted by atomic mass is 16.2. The van der Waals surface area contributed by atoms with E-state index in [4.69, 9.17) is 5.73 Å². The zero-order valence-electron chi connectivity index (χ0n) is 9.34. The number of primary amides is 1. The van der Waals surface area contributed by atoms with E-state index in [9.17, 15) is 14.4 Å². The van der Waals surface area contributed by atoms with Crippen molar-refractivity contribution in [2.45, 2.75) is 19.4 Å². The van der Waals surface area contributed by atoms with Crippen molar-refractivity contribution in [1.29, 1.82) is 0 Å². The SMILES string of the molecule is C[C@H](CC(N)=O)N1C(=O)c2ccccc2C1=O. The van der Waals surface area contributed by atoms with Crippen LogP contribution in [0.25, 0.3) is 0 Å². The number of hydrogen-bond acceptors (Lipinski definition) is 3. The number of imide groups is 1. The summed E-state index contributed by atoms with van der Waals surface area (Å²) >= 11 is 0. The van der Waals surface area contributed by atoms with Crippen LogP contribution in [0.3, 0.4) is 0 Å². The van der Waals surface area contributed by atoms with Crippen LogP contribution in [0, 0.1) is 0 Å². The Bertz CT molecular complexity index is 475. The first-order valence-electron chi connectivity index (χ1n) is 5.27. The van der Waals surface area contributed by atoms with Crippen LogP contribution in [0.2, 0.25) is 0 Å². The van der Waals surface area contributed by atoms with E-state index < -0.39 is 11.9 Å². The smallest absolute Gasteiger partial charge is 0.261 e. The molecule has 2 N–H and O–H groups in total. The molecule has 1 aliphatic heterocycles. The van der Waals surface area contributed by atoms with Crippen LogP contribution in [0.4, 0.5) is 0 Å². The predicted octanol–water partition coefficient (Wildman–Crippen LogP) is 0.546. The second-order valence-electron chi connectivity index (χ2n) is 4.05. The van der Waals surface area contributed by atoms with Crippen molar-refractivity contribution in [3.63, 3.8) is 0 Å². The highest BCUT2D eigenvalue weighted by molar-refractivity contribution is 6.21. The second-order valence-corrected chi connectivity index (χ2v) is 4.05. The lowest BCUT2D eigenvalue weighted by molar-refractivity contribution is -0.118. The molecule has 1 aromatic rings. The van der Waals surface area contributed by atoms with Gasteiger partial charge in [-0.15, -0.1) is 0 Å². The van der Waals surface area contributed by atoms with Crippen LogP contribution in [0.15, 0.2) is 24.3 Å². The number of nitrogens with zero attached hydrogens (tertiary/aromatic N) is 1. The van der Waals surface area contributed by atoms with Gasteiger partial charge in [0.25, 0.3) is 11.8 Å². The number of benzene rings is 1. The molecule has 3 amide bonds. The number of nitrogens with two attached hydrogens (primary N) is 1. The van der Waals surface area contributed by atoms with Gasteiger partial charge in [-0.2, -0.15) is 0 Å². The Kier molecular flexibility index (Phi) is 2.67. The van der Waals surface area contributed by atoms with Crippen molar-refractivity contribution >= 4 is 17.7 Å². The van der Waals surface area contributed by atoms with E-state index >= 15 is 0 Å². The van der Waals surface area contributed by atoms with Gasteiger partial charge in [0, 0.05) is 12.5 Å². The minimum atomic E-state index is -0.533. The fourth-order valence-corrected chi connectivity index (χ4v) is 1.99. The van der Waals surface area contributed by atoms with E-state index in [1.807, 2.05) is 0 Å². The third-order valence-corrected chi connectivity index (χ3v) is 2.76. The van der Waals surface area contributed by atoms with E-state index in [1.165, 1.54) is 0 Å². The summed E-state index contributed by atoms with van der Waals surface area (Å²) in [6.07, 6.45) is -0.0224. The van der Waals surface area contributed by atoms with Crippen molar-refractivity contribution in [3.05, 3.63) is 35.4 Å². The molecule has 0 unspecified atom stereocenters. The molecular formula is C12H12N2O3. The molecule has 5 nitrogen and oxygen atoms in total. The molecule has 1 aliphatic rings. The molecule has 88 valence electrons. The first-order valence-corrected chi connectivity index (χ1v) is 5.27. The van der Waals surface area contributed by atoms with Gasteiger partial charge in [0.15, 0.2) is 0 Å². The fourth-order valence-electron chi connectivity index (χ4n) is 1.99. The van der Waals surface area contributed by atoms with Crippen LogP contribution in [-0.2, 0) is 4.79 Å². The topological polar surface area (TPSA) is 80.5 Å². The number of carbonyl (C=O) groups excluding carboxylic acids is 3. The van der Waals surface area contributed by atoms with Gasteiger partial charge in [0.05, 0.1) is 11.1 Å². The van der Waals surface area contributed by atoms with Gasteiger partial charge < -0.3 is 5.73 Å². The van der Waals surface area contributed by atoms with Gasteiger partial charge in [-0.1, -0.05) is 12.1 Å². The molecule has 0 saturated heterocycles. The predicted molar refractivity (Wildman–Crippen MR) is 60.2 cm³/mol. The number of hydrogen-bond donors (Lipinski definition) is 1. The molecule has 0 fully saturated rings. The molecule has 0 bridgehead atoms. The Hall–Kier alpha value is -2.17. The molecular weight excluding hydrogens is 220 g/mol.